The zero-order chi connectivity index (χ0) is 14.5. The first-order valence-electron chi connectivity index (χ1n) is 5.74. The summed E-state index contributed by atoms with van der Waals surface area (Å²) in [6, 6.07) is 3.14. The molecule has 1 aromatic rings. The van der Waals surface area contributed by atoms with E-state index in [9.17, 15) is 8.42 Å². The quantitative estimate of drug-likeness (QED) is 0.829. The van der Waals surface area contributed by atoms with Crippen molar-refractivity contribution in [1.29, 1.82) is 0 Å². The van der Waals surface area contributed by atoms with Gasteiger partial charge in [-0.3, -0.25) is 0 Å². The van der Waals surface area contributed by atoms with Gasteiger partial charge in [-0.15, -0.1) is 0 Å². The lowest BCUT2D eigenvalue weighted by Gasteiger charge is -2.13. The van der Waals surface area contributed by atoms with E-state index in [-0.39, 0.29) is 35.5 Å². The van der Waals surface area contributed by atoms with Gasteiger partial charge in [0, 0.05) is 5.75 Å². The van der Waals surface area contributed by atoms with Crippen LogP contribution in [0.4, 0.5) is 0 Å². The van der Waals surface area contributed by atoms with E-state index < -0.39 is 9.84 Å². The predicted octanol–water partition coefficient (Wildman–Crippen LogP) is 1.65. The Hall–Kier alpha value is -0.980. The highest BCUT2D eigenvalue weighted by Crippen LogP contribution is 2.36. The van der Waals surface area contributed by atoms with Crippen LogP contribution in [0.1, 0.15) is 12.5 Å². The molecule has 0 unspecified atom stereocenters. The maximum Gasteiger partial charge on any atom is 0.179 e. The van der Waals surface area contributed by atoms with Gasteiger partial charge in [-0.1, -0.05) is 18.5 Å². The van der Waals surface area contributed by atoms with E-state index in [0.29, 0.717) is 11.3 Å². The summed E-state index contributed by atoms with van der Waals surface area (Å²) < 4.78 is 33.2. The summed E-state index contributed by atoms with van der Waals surface area (Å²) in [5.41, 5.74) is 0.593. The second-order valence-corrected chi connectivity index (χ2v) is 6.73. The van der Waals surface area contributed by atoms with Gasteiger partial charge in [0.25, 0.3) is 0 Å². The van der Waals surface area contributed by atoms with Crippen molar-refractivity contribution >= 4 is 21.4 Å². The van der Waals surface area contributed by atoms with E-state index in [4.69, 9.17) is 26.2 Å². The van der Waals surface area contributed by atoms with Gasteiger partial charge in [-0.05, 0) is 17.7 Å². The van der Waals surface area contributed by atoms with E-state index in [1.54, 1.807) is 19.1 Å². The van der Waals surface area contributed by atoms with Gasteiger partial charge >= 0.3 is 0 Å². The van der Waals surface area contributed by atoms with Crippen LogP contribution in [0.2, 0.25) is 5.02 Å². The second-order valence-electron chi connectivity index (χ2n) is 3.85. The fraction of sp³-hybridized carbons (Fsp3) is 0.500. The van der Waals surface area contributed by atoms with E-state index in [1.165, 1.54) is 7.11 Å². The fourth-order valence-corrected chi connectivity index (χ4v) is 2.33. The van der Waals surface area contributed by atoms with Crippen molar-refractivity contribution in [3.05, 3.63) is 22.7 Å². The molecule has 108 valence electrons. The normalized spacial score (nSPS) is 11.4. The number of rotatable bonds is 7. The van der Waals surface area contributed by atoms with E-state index in [2.05, 4.69) is 0 Å². The lowest BCUT2D eigenvalue weighted by Crippen LogP contribution is -2.16. The first kappa shape index (κ1) is 16.1. The number of hydrogen-bond acceptors (Lipinski definition) is 5. The number of methoxy groups -OCH3 is 1. The number of sulfone groups is 1. The van der Waals surface area contributed by atoms with Crippen LogP contribution in [0.3, 0.4) is 0 Å². The van der Waals surface area contributed by atoms with E-state index in [1.807, 2.05) is 0 Å². The molecule has 0 heterocycles. The van der Waals surface area contributed by atoms with Gasteiger partial charge in [0.15, 0.2) is 21.3 Å². The lowest BCUT2D eigenvalue weighted by atomic mass is 10.2. The second kappa shape index (κ2) is 6.98. The van der Waals surface area contributed by atoms with Crippen LogP contribution in [0.15, 0.2) is 12.1 Å². The van der Waals surface area contributed by atoms with E-state index in [0.717, 1.165) is 0 Å². The summed E-state index contributed by atoms with van der Waals surface area (Å²) in [6.07, 6.45) is 0. The first-order valence-corrected chi connectivity index (χ1v) is 7.94. The summed E-state index contributed by atoms with van der Waals surface area (Å²) in [5, 5.41) is 9.33. The zero-order valence-electron chi connectivity index (χ0n) is 10.8. The van der Waals surface area contributed by atoms with Crippen LogP contribution in [0, 0.1) is 0 Å². The third-order valence-electron chi connectivity index (χ3n) is 2.55. The molecule has 5 nitrogen and oxygen atoms in total. The van der Waals surface area contributed by atoms with Crippen molar-refractivity contribution in [3.63, 3.8) is 0 Å². The zero-order valence-corrected chi connectivity index (χ0v) is 12.4. The lowest BCUT2D eigenvalue weighted by molar-refractivity contribution is 0.279. The summed E-state index contributed by atoms with van der Waals surface area (Å²) in [5.74, 6) is 0.646. The van der Waals surface area contributed by atoms with Crippen LogP contribution in [-0.2, 0) is 16.4 Å². The highest BCUT2D eigenvalue weighted by Gasteiger charge is 2.14. The third-order valence-corrected chi connectivity index (χ3v) is 4.50. The number of halogens is 1. The van der Waals surface area contributed by atoms with Crippen molar-refractivity contribution in [3.8, 4) is 11.5 Å². The summed E-state index contributed by atoms with van der Waals surface area (Å²) in [6.45, 7) is 1.42. The monoisotopic (exact) mass is 308 g/mol. The summed E-state index contributed by atoms with van der Waals surface area (Å²) in [4.78, 5) is 0. The average Bonchev–Trinajstić information content (AvgIpc) is 2.39. The Morgan fingerprint density at radius 1 is 1.37 bits per heavy atom. The number of hydrogen-bond donors (Lipinski definition) is 1. The van der Waals surface area contributed by atoms with Crippen LogP contribution >= 0.6 is 11.6 Å². The maximum absolute atomic E-state index is 11.4. The minimum absolute atomic E-state index is 0.00469. The van der Waals surface area contributed by atoms with Crippen LogP contribution in [-0.4, -0.2) is 38.7 Å². The molecule has 0 saturated heterocycles. The number of benzene rings is 1. The molecule has 0 radical (unpaired) electrons. The average molecular weight is 309 g/mol. The van der Waals surface area contributed by atoms with Gasteiger partial charge in [0.05, 0.1) is 24.5 Å². The molecule has 1 aromatic carbocycles. The Morgan fingerprint density at radius 3 is 2.58 bits per heavy atom. The molecule has 1 rings (SSSR count). The van der Waals surface area contributed by atoms with Gasteiger partial charge in [0.1, 0.15) is 6.61 Å². The summed E-state index contributed by atoms with van der Waals surface area (Å²) >= 11 is 6.01. The third kappa shape index (κ3) is 4.56. The number of ether oxygens (including phenoxy) is 2. The van der Waals surface area contributed by atoms with Crippen LogP contribution in [0.5, 0.6) is 11.5 Å². The number of aliphatic hydroxyl groups is 1. The first-order chi connectivity index (χ1) is 8.93. The molecule has 0 bridgehead atoms. The fourth-order valence-electron chi connectivity index (χ4n) is 1.42. The standard InChI is InChI=1S/C12H17ClO5S/c1-3-19(15,16)5-4-18-12-10(13)6-9(8-14)7-11(12)17-2/h6-7,14H,3-5,8H2,1-2H3. The molecule has 0 spiro atoms. The topological polar surface area (TPSA) is 72.8 Å². The van der Waals surface area contributed by atoms with Crippen molar-refractivity contribution in [2.75, 3.05) is 25.2 Å². The molecule has 0 aliphatic carbocycles. The molecule has 0 fully saturated rings. The molecule has 0 aliphatic heterocycles. The minimum atomic E-state index is -3.08. The van der Waals surface area contributed by atoms with Gasteiger partial charge < -0.3 is 14.6 Å². The molecule has 0 saturated carbocycles. The van der Waals surface area contributed by atoms with E-state index >= 15 is 0 Å². The van der Waals surface area contributed by atoms with Gasteiger partial charge in [-0.25, -0.2) is 8.42 Å². The molecule has 0 atom stereocenters. The Kier molecular flexibility index (Phi) is 5.90. The van der Waals surface area contributed by atoms with Crippen molar-refractivity contribution < 1.29 is 23.0 Å². The largest absolute Gasteiger partial charge is 0.493 e. The molecule has 0 aliphatic rings. The SMILES string of the molecule is CCS(=O)(=O)CCOc1c(Cl)cc(CO)cc1OC. The highest BCUT2D eigenvalue weighted by atomic mass is 35.5. The molecule has 0 aromatic heterocycles. The van der Waals surface area contributed by atoms with Gasteiger partial charge in [-0.2, -0.15) is 0 Å². The van der Waals surface area contributed by atoms with Crippen molar-refractivity contribution in [2.24, 2.45) is 0 Å². The summed E-state index contributed by atoms with van der Waals surface area (Å²) in [7, 11) is -1.64. The molecule has 0 amide bonds. The Balaban J connectivity index is 2.83. The maximum atomic E-state index is 11.4. The van der Waals surface area contributed by atoms with Crippen molar-refractivity contribution in [1.82, 2.24) is 0 Å². The molecular weight excluding hydrogens is 292 g/mol. The van der Waals surface area contributed by atoms with Crippen LogP contribution in [0.25, 0.3) is 0 Å². The Morgan fingerprint density at radius 2 is 2.05 bits per heavy atom. The molecule has 7 heteroatoms. The van der Waals surface area contributed by atoms with Crippen LogP contribution < -0.4 is 9.47 Å². The number of aliphatic hydroxyl groups excluding tert-OH is 1. The highest BCUT2D eigenvalue weighted by molar-refractivity contribution is 7.91. The minimum Gasteiger partial charge on any atom is -0.493 e. The molecule has 19 heavy (non-hydrogen) atoms. The Bertz CT molecular complexity index is 527. The predicted molar refractivity (Wildman–Crippen MR) is 73.7 cm³/mol. The smallest absolute Gasteiger partial charge is 0.179 e. The molecule has 1 N–H and O–H groups in total. The van der Waals surface area contributed by atoms with Crippen molar-refractivity contribution in [2.45, 2.75) is 13.5 Å². The molecular formula is C12H17ClO5S. The van der Waals surface area contributed by atoms with Gasteiger partial charge in [0.2, 0.25) is 0 Å². The Labute approximate surface area is 118 Å².